The number of methoxy groups -OCH3 is 1. The summed E-state index contributed by atoms with van der Waals surface area (Å²) in [4.78, 5) is 37.9. The summed E-state index contributed by atoms with van der Waals surface area (Å²) < 4.78 is 11.1. The quantitative estimate of drug-likeness (QED) is 0.357. The number of nitrogens with zero attached hydrogens (tertiary/aromatic N) is 2. The molecule has 1 atom stereocenters. The van der Waals surface area contributed by atoms with Crippen molar-refractivity contribution in [3.63, 3.8) is 0 Å². The van der Waals surface area contributed by atoms with Crippen LogP contribution in [0.25, 0.3) is 0 Å². The summed E-state index contributed by atoms with van der Waals surface area (Å²) in [5, 5.41) is 11.9. The lowest BCUT2D eigenvalue weighted by molar-refractivity contribution is -0.385. The van der Waals surface area contributed by atoms with Crippen molar-refractivity contribution in [1.29, 1.82) is 0 Å². The van der Waals surface area contributed by atoms with Crippen molar-refractivity contribution >= 4 is 17.9 Å². The van der Waals surface area contributed by atoms with Gasteiger partial charge in [0, 0.05) is 12.6 Å². The second kappa shape index (κ2) is 9.68. The third kappa shape index (κ3) is 4.64. The first-order valence-corrected chi connectivity index (χ1v) is 10.7. The van der Waals surface area contributed by atoms with E-state index in [0.29, 0.717) is 6.42 Å². The monoisotopic (exact) mass is 448 g/mol. The van der Waals surface area contributed by atoms with Crippen molar-refractivity contribution in [1.82, 2.24) is 4.90 Å². The summed E-state index contributed by atoms with van der Waals surface area (Å²) in [5.74, 6) is -0.218. The van der Waals surface area contributed by atoms with E-state index in [1.165, 1.54) is 24.1 Å². The molecule has 1 aliphatic heterocycles. The van der Waals surface area contributed by atoms with Gasteiger partial charge >= 0.3 is 0 Å². The summed E-state index contributed by atoms with van der Waals surface area (Å²) in [6.07, 6.45) is 6.95. The van der Waals surface area contributed by atoms with E-state index in [-0.39, 0.29) is 30.2 Å². The summed E-state index contributed by atoms with van der Waals surface area (Å²) in [7, 11) is 1.41. The van der Waals surface area contributed by atoms with Gasteiger partial charge in [0.2, 0.25) is 0 Å². The highest BCUT2D eigenvalue weighted by Crippen LogP contribution is 2.37. The number of hydrogen-bond acceptors (Lipinski definition) is 6. The average molecular weight is 448 g/mol. The molecule has 0 fully saturated rings. The minimum atomic E-state index is -0.664. The zero-order chi connectivity index (χ0) is 23.4. The van der Waals surface area contributed by atoms with Crippen LogP contribution in [0.1, 0.15) is 35.2 Å². The number of nitro groups is 1. The molecule has 0 bridgehead atoms. The second-order valence-corrected chi connectivity index (χ2v) is 7.96. The molecule has 2 aromatic rings. The fourth-order valence-corrected chi connectivity index (χ4v) is 4.20. The molecule has 170 valence electrons. The molecule has 33 heavy (non-hydrogen) atoms. The van der Waals surface area contributed by atoms with Crippen molar-refractivity contribution in [2.75, 3.05) is 13.7 Å². The Hall–Kier alpha value is -3.94. The van der Waals surface area contributed by atoms with Crippen LogP contribution in [0.3, 0.4) is 0 Å². The smallest absolute Gasteiger partial charge is 0.286 e. The molecule has 2 aliphatic rings. The van der Waals surface area contributed by atoms with Crippen molar-refractivity contribution in [2.24, 2.45) is 0 Å². The van der Waals surface area contributed by atoms with Gasteiger partial charge in [-0.25, -0.2) is 0 Å². The number of amides is 1. The molecule has 1 amide bonds. The van der Waals surface area contributed by atoms with Gasteiger partial charge in [-0.3, -0.25) is 14.9 Å². The minimum absolute atomic E-state index is 0.139. The normalized spacial score (nSPS) is 17.4. The molecule has 0 saturated heterocycles. The van der Waals surface area contributed by atoms with Crippen LogP contribution in [-0.2, 0) is 11.4 Å². The van der Waals surface area contributed by atoms with Crippen LogP contribution in [0, 0.1) is 10.1 Å². The molecule has 2 aromatic carbocycles. The largest absolute Gasteiger partial charge is 0.493 e. The Morgan fingerprint density at radius 1 is 1.24 bits per heavy atom. The van der Waals surface area contributed by atoms with E-state index < -0.39 is 22.6 Å². The van der Waals surface area contributed by atoms with Crippen LogP contribution in [-0.4, -0.2) is 41.7 Å². The van der Waals surface area contributed by atoms with Gasteiger partial charge in [-0.15, -0.1) is 0 Å². The third-order valence-electron chi connectivity index (χ3n) is 5.95. The van der Waals surface area contributed by atoms with Crippen LogP contribution in [0.5, 0.6) is 11.5 Å². The molecule has 0 N–H and O–H groups in total. The standard InChI is InChI=1S/C25H24N2O6/c1-32-23-12-21(22(27(30)31)13-24(23)33-16-17-7-3-2-4-8-17)25(29)26-14-19-10-6-5-9-18(19)11-20(26)15-28/h2-4,6-8,10,12-13,15,20H,5,9,11,14,16H2,1H3. The van der Waals surface area contributed by atoms with E-state index in [2.05, 4.69) is 0 Å². The predicted molar refractivity (Wildman–Crippen MR) is 121 cm³/mol. The molecule has 1 unspecified atom stereocenters. The van der Waals surface area contributed by atoms with Crippen LogP contribution < -0.4 is 9.47 Å². The number of carbonyl (C=O) groups is 2. The maximum Gasteiger partial charge on any atom is 0.286 e. The fraction of sp³-hybridized carbons (Fsp3) is 0.280. The highest BCUT2D eigenvalue weighted by atomic mass is 16.6. The van der Waals surface area contributed by atoms with Gasteiger partial charge in [0.05, 0.1) is 24.1 Å². The Morgan fingerprint density at radius 3 is 2.73 bits per heavy atom. The van der Waals surface area contributed by atoms with Gasteiger partial charge in [-0.2, -0.15) is 0 Å². The second-order valence-electron chi connectivity index (χ2n) is 7.96. The van der Waals surface area contributed by atoms with Gasteiger partial charge in [0.25, 0.3) is 11.6 Å². The maximum atomic E-state index is 13.4. The van der Waals surface area contributed by atoms with E-state index in [9.17, 15) is 19.7 Å². The van der Waals surface area contributed by atoms with Crippen LogP contribution in [0.15, 0.2) is 65.8 Å². The van der Waals surface area contributed by atoms with Crippen molar-refractivity contribution in [3.8, 4) is 11.5 Å². The van der Waals surface area contributed by atoms with Gasteiger partial charge in [0.15, 0.2) is 11.5 Å². The zero-order valence-electron chi connectivity index (χ0n) is 18.2. The highest BCUT2D eigenvalue weighted by Gasteiger charge is 2.35. The first-order chi connectivity index (χ1) is 16.0. The van der Waals surface area contributed by atoms with Gasteiger partial charge < -0.3 is 19.2 Å². The Kier molecular flexibility index (Phi) is 6.53. The van der Waals surface area contributed by atoms with Crippen LogP contribution in [0.2, 0.25) is 0 Å². The Balaban J connectivity index is 1.66. The molecule has 0 saturated carbocycles. The first kappa shape index (κ1) is 22.3. The third-order valence-corrected chi connectivity index (χ3v) is 5.95. The zero-order valence-corrected chi connectivity index (χ0v) is 18.2. The molecule has 1 heterocycles. The number of ether oxygens (including phenoxy) is 2. The minimum Gasteiger partial charge on any atom is -0.493 e. The molecule has 8 heteroatoms. The molecule has 8 nitrogen and oxygen atoms in total. The number of benzene rings is 2. The number of rotatable bonds is 7. The molecular weight excluding hydrogens is 424 g/mol. The number of hydrogen-bond donors (Lipinski definition) is 0. The van der Waals surface area contributed by atoms with E-state index in [0.717, 1.165) is 35.8 Å². The number of allylic oxidation sites excluding steroid dienone is 1. The molecular formula is C25H24N2O6. The summed E-state index contributed by atoms with van der Waals surface area (Å²) in [6, 6.07) is 11.2. The summed E-state index contributed by atoms with van der Waals surface area (Å²) >= 11 is 0. The maximum absolute atomic E-state index is 13.4. The van der Waals surface area contributed by atoms with E-state index in [1.807, 2.05) is 42.5 Å². The number of nitro benzene ring substituents is 1. The molecule has 1 aliphatic carbocycles. The predicted octanol–water partition coefficient (Wildman–Crippen LogP) is 4.24. The molecule has 0 aromatic heterocycles. The van der Waals surface area contributed by atoms with Crippen molar-refractivity contribution in [2.45, 2.75) is 31.9 Å². The lowest BCUT2D eigenvalue weighted by Crippen LogP contribution is -2.45. The van der Waals surface area contributed by atoms with Crippen LogP contribution in [0.4, 0.5) is 5.69 Å². The summed E-state index contributed by atoms with van der Waals surface area (Å²) in [5.41, 5.74) is 2.50. The van der Waals surface area contributed by atoms with E-state index in [4.69, 9.17) is 9.47 Å². The lowest BCUT2D eigenvalue weighted by atomic mass is 9.87. The van der Waals surface area contributed by atoms with Crippen LogP contribution >= 0.6 is 0 Å². The topological polar surface area (TPSA) is 99.0 Å². The van der Waals surface area contributed by atoms with Crippen molar-refractivity contribution < 1.29 is 24.0 Å². The molecule has 0 spiro atoms. The molecule has 0 radical (unpaired) electrons. The van der Waals surface area contributed by atoms with Gasteiger partial charge in [-0.05, 0) is 30.4 Å². The summed E-state index contributed by atoms with van der Waals surface area (Å²) in [6.45, 7) is 0.421. The first-order valence-electron chi connectivity index (χ1n) is 10.7. The number of aldehydes is 1. The highest BCUT2D eigenvalue weighted by molar-refractivity contribution is 6.00. The van der Waals surface area contributed by atoms with Gasteiger partial charge in [-0.1, -0.05) is 48.1 Å². The lowest BCUT2D eigenvalue weighted by Gasteiger charge is -2.36. The SMILES string of the molecule is COc1cc(C(=O)N2CC3=C(CCC=C3)CC2C=O)c([N+](=O)[O-])cc1OCc1ccccc1. The van der Waals surface area contributed by atoms with Crippen molar-refractivity contribution in [3.05, 3.63) is 87.0 Å². The Bertz CT molecular complexity index is 1140. The van der Waals surface area contributed by atoms with E-state index in [1.54, 1.807) is 0 Å². The molecule has 4 rings (SSSR count). The Morgan fingerprint density at radius 2 is 2.03 bits per heavy atom. The number of carbonyl (C=O) groups excluding carboxylic acids is 2. The fourth-order valence-electron chi connectivity index (χ4n) is 4.20. The Labute approximate surface area is 191 Å². The average Bonchev–Trinajstić information content (AvgIpc) is 2.86. The van der Waals surface area contributed by atoms with Gasteiger partial charge in [0.1, 0.15) is 18.5 Å². The van der Waals surface area contributed by atoms with E-state index >= 15 is 0 Å².